The molecule has 0 aliphatic heterocycles. The molecule has 6 heteroatoms. The van der Waals surface area contributed by atoms with Crippen molar-refractivity contribution in [3.05, 3.63) is 16.9 Å². The van der Waals surface area contributed by atoms with Crippen LogP contribution in [0.4, 0.5) is 5.69 Å². The van der Waals surface area contributed by atoms with Crippen LogP contribution in [0.25, 0.3) is 10.2 Å². The highest BCUT2D eigenvalue weighted by Crippen LogP contribution is 2.34. The molecule has 0 saturated heterocycles. The number of aromatic nitrogens is 1. The second-order valence-electron chi connectivity index (χ2n) is 8.35. The normalized spacial score (nSPS) is 12.0. The summed E-state index contributed by atoms with van der Waals surface area (Å²) in [6.45, 7) is 9.27. The monoisotopic (exact) mass is 446 g/mol. The number of aryl methyl sites for hydroxylation is 1. The van der Waals surface area contributed by atoms with E-state index in [0.29, 0.717) is 12.3 Å². The number of fused-ring (bicyclic) bond motifs is 1. The van der Waals surface area contributed by atoms with Gasteiger partial charge in [-0.2, -0.15) is 5.11 Å². The molecule has 174 valence electrons. The second-order valence-corrected chi connectivity index (χ2v) is 9.36. The lowest BCUT2D eigenvalue weighted by Gasteiger charge is -2.10. The third-order valence-corrected chi connectivity index (χ3v) is 6.71. The van der Waals surface area contributed by atoms with Crippen molar-refractivity contribution in [1.29, 1.82) is 5.53 Å². The van der Waals surface area contributed by atoms with Gasteiger partial charge in [0.25, 0.3) is 0 Å². The average Bonchev–Trinajstić information content (AvgIpc) is 3.12. The zero-order valence-electron chi connectivity index (χ0n) is 19.9. The van der Waals surface area contributed by atoms with E-state index in [0.717, 1.165) is 41.2 Å². The summed E-state index contributed by atoms with van der Waals surface area (Å²) in [7, 11) is 0. The molecule has 1 heterocycles. The fourth-order valence-corrected chi connectivity index (χ4v) is 4.84. The topological polar surface area (TPSA) is 62.7 Å². The molecule has 0 fully saturated rings. The van der Waals surface area contributed by atoms with E-state index in [1.165, 1.54) is 69.7 Å². The van der Waals surface area contributed by atoms with Crippen molar-refractivity contribution in [2.24, 2.45) is 10.1 Å². The Labute approximate surface area is 192 Å². The fourth-order valence-electron chi connectivity index (χ4n) is 3.75. The number of hydrogen-bond donors (Lipinski definition) is 1. The molecule has 0 spiro atoms. The average molecular weight is 447 g/mol. The molecule has 0 bridgehead atoms. The Morgan fingerprint density at radius 1 is 0.871 bits per heavy atom. The summed E-state index contributed by atoms with van der Waals surface area (Å²) in [5.74, 6) is 0.730. The molecule has 0 radical (unpaired) electrons. The van der Waals surface area contributed by atoms with Crippen molar-refractivity contribution in [3.63, 3.8) is 0 Å². The number of nitrogens with one attached hydrogen (secondary N) is 1. The lowest BCUT2D eigenvalue weighted by Crippen LogP contribution is -2.15. The minimum Gasteiger partial charge on any atom is -0.491 e. The first kappa shape index (κ1) is 25.6. The largest absolute Gasteiger partial charge is 0.491 e. The van der Waals surface area contributed by atoms with Gasteiger partial charge in [-0.1, -0.05) is 89.9 Å². The Balaban J connectivity index is 2.27. The molecule has 5 nitrogen and oxygen atoms in total. The summed E-state index contributed by atoms with van der Waals surface area (Å²) in [5.41, 5.74) is 9.41. The Bertz CT molecular complexity index is 840. The van der Waals surface area contributed by atoms with Crippen molar-refractivity contribution in [2.45, 2.75) is 104 Å². The van der Waals surface area contributed by atoms with Crippen LogP contribution in [0.1, 0.15) is 97.8 Å². The minimum absolute atomic E-state index is 0.622. The molecular weight excluding hydrogens is 404 g/mol. The maximum absolute atomic E-state index is 7.62. The summed E-state index contributed by atoms with van der Waals surface area (Å²) in [6, 6.07) is 4.10. The Kier molecular flexibility index (Phi) is 12.5. The molecule has 0 amide bonds. The summed E-state index contributed by atoms with van der Waals surface area (Å²) in [6.07, 6.45) is 14.6. The molecule has 0 aliphatic carbocycles. The first-order valence-electron chi connectivity index (χ1n) is 12.4. The van der Waals surface area contributed by atoms with Gasteiger partial charge in [0.15, 0.2) is 4.80 Å². The minimum atomic E-state index is 0.622. The van der Waals surface area contributed by atoms with Gasteiger partial charge in [0, 0.05) is 19.2 Å². The van der Waals surface area contributed by atoms with Gasteiger partial charge in [-0.15, -0.1) is 0 Å². The predicted octanol–water partition coefficient (Wildman–Crippen LogP) is 8.39. The lowest BCUT2D eigenvalue weighted by molar-refractivity contribution is 0.306. The summed E-state index contributed by atoms with van der Waals surface area (Å²) < 4.78 is 9.58. The van der Waals surface area contributed by atoms with E-state index >= 15 is 0 Å². The molecule has 2 aromatic rings. The molecular formula is C25H42N4OS. The van der Waals surface area contributed by atoms with E-state index in [9.17, 15) is 0 Å². The van der Waals surface area contributed by atoms with Gasteiger partial charge in [0.2, 0.25) is 0 Å². The number of ether oxygens (including phenoxy) is 1. The standard InChI is InChI=1S/C25H42N4OS/c1-4-7-10-13-16-27-25-29(17-14-11-8-5-2)22-20-23(30-18-15-12-9-6-3)21(28-26)19-24(22)31-25/h19-20,26H,4-18H2,1-3H3/b27-25-,28-26?. The van der Waals surface area contributed by atoms with Gasteiger partial charge < -0.3 is 9.30 Å². The summed E-state index contributed by atoms with van der Waals surface area (Å²) in [5, 5.41) is 3.75. The number of thiazole rings is 1. The summed E-state index contributed by atoms with van der Waals surface area (Å²) >= 11 is 1.72. The molecule has 0 aliphatic rings. The highest BCUT2D eigenvalue weighted by atomic mass is 32.1. The van der Waals surface area contributed by atoms with Gasteiger partial charge >= 0.3 is 0 Å². The molecule has 31 heavy (non-hydrogen) atoms. The predicted molar refractivity (Wildman–Crippen MR) is 133 cm³/mol. The number of hydrogen-bond acceptors (Lipinski definition) is 5. The zero-order chi connectivity index (χ0) is 22.3. The Morgan fingerprint density at radius 2 is 1.55 bits per heavy atom. The van der Waals surface area contributed by atoms with Crippen LogP contribution < -0.4 is 9.54 Å². The molecule has 1 aromatic heterocycles. The smallest absolute Gasteiger partial charge is 0.185 e. The number of benzene rings is 1. The first-order valence-corrected chi connectivity index (χ1v) is 13.2. The van der Waals surface area contributed by atoms with Crippen LogP contribution in [-0.2, 0) is 6.54 Å². The van der Waals surface area contributed by atoms with Crippen LogP contribution in [0.2, 0.25) is 0 Å². The zero-order valence-corrected chi connectivity index (χ0v) is 20.7. The molecule has 1 N–H and O–H groups in total. The second kappa shape index (κ2) is 15.2. The van der Waals surface area contributed by atoms with Crippen molar-refractivity contribution >= 4 is 27.2 Å². The van der Waals surface area contributed by atoms with E-state index in [2.05, 4.69) is 36.5 Å². The molecule has 2 rings (SSSR count). The van der Waals surface area contributed by atoms with E-state index in [1.54, 1.807) is 11.3 Å². The van der Waals surface area contributed by atoms with Crippen LogP contribution in [0.15, 0.2) is 22.2 Å². The van der Waals surface area contributed by atoms with Crippen LogP contribution >= 0.6 is 11.3 Å². The third kappa shape index (κ3) is 8.40. The highest BCUT2D eigenvalue weighted by Gasteiger charge is 2.12. The lowest BCUT2D eigenvalue weighted by atomic mass is 10.2. The first-order chi connectivity index (χ1) is 15.2. The van der Waals surface area contributed by atoms with Crippen LogP contribution in [-0.4, -0.2) is 17.7 Å². The van der Waals surface area contributed by atoms with Crippen molar-refractivity contribution < 1.29 is 4.74 Å². The Morgan fingerprint density at radius 3 is 2.23 bits per heavy atom. The van der Waals surface area contributed by atoms with Crippen molar-refractivity contribution in [3.8, 4) is 5.75 Å². The number of nitrogens with zero attached hydrogens (tertiary/aromatic N) is 3. The van der Waals surface area contributed by atoms with Gasteiger partial charge in [-0.25, -0.2) is 5.53 Å². The van der Waals surface area contributed by atoms with E-state index in [-0.39, 0.29) is 0 Å². The third-order valence-electron chi connectivity index (χ3n) is 5.63. The van der Waals surface area contributed by atoms with Crippen LogP contribution in [0.3, 0.4) is 0 Å². The number of rotatable bonds is 17. The Hall–Kier alpha value is -1.69. The van der Waals surface area contributed by atoms with E-state index in [1.807, 2.05) is 6.07 Å². The van der Waals surface area contributed by atoms with Crippen molar-refractivity contribution in [1.82, 2.24) is 4.57 Å². The SMILES string of the molecule is CCCCCC/N=c1\sc2cc(N=N)c(OCCCCCC)cc2n1CCCCCC. The van der Waals surface area contributed by atoms with Crippen molar-refractivity contribution in [2.75, 3.05) is 13.2 Å². The van der Waals surface area contributed by atoms with Gasteiger partial charge in [-0.3, -0.25) is 4.99 Å². The van der Waals surface area contributed by atoms with Gasteiger partial charge in [0.1, 0.15) is 11.4 Å². The summed E-state index contributed by atoms with van der Waals surface area (Å²) in [4.78, 5) is 6.05. The van der Waals surface area contributed by atoms with E-state index < -0.39 is 0 Å². The molecule has 0 atom stereocenters. The van der Waals surface area contributed by atoms with Gasteiger partial charge in [-0.05, 0) is 25.3 Å². The molecule has 0 saturated carbocycles. The highest BCUT2D eigenvalue weighted by molar-refractivity contribution is 7.16. The van der Waals surface area contributed by atoms with E-state index in [4.69, 9.17) is 15.3 Å². The van der Waals surface area contributed by atoms with Crippen LogP contribution in [0, 0.1) is 5.53 Å². The molecule has 1 aromatic carbocycles. The fraction of sp³-hybridized carbons (Fsp3) is 0.720. The maximum atomic E-state index is 7.62. The van der Waals surface area contributed by atoms with Gasteiger partial charge in [0.05, 0.1) is 16.8 Å². The number of unbranched alkanes of at least 4 members (excludes halogenated alkanes) is 9. The van der Waals surface area contributed by atoms with Crippen LogP contribution in [0.5, 0.6) is 5.75 Å². The quantitative estimate of drug-likeness (QED) is 0.192. The molecule has 0 unspecified atom stereocenters. The maximum Gasteiger partial charge on any atom is 0.185 e.